The van der Waals surface area contributed by atoms with E-state index in [0.29, 0.717) is 0 Å². The van der Waals surface area contributed by atoms with Gasteiger partial charge in [0.2, 0.25) is 0 Å². The van der Waals surface area contributed by atoms with Crippen LogP contribution in [0.1, 0.15) is 17.3 Å². The Hall–Kier alpha value is -1.69. The molecule has 0 radical (unpaired) electrons. The van der Waals surface area contributed by atoms with E-state index in [1.807, 2.05) is 0 Å². The fourth-order valence-electron chi connectivity index (χ4n) is 1.31. The minimum absolute atomic E-state index is 0.0684. The molecule has 0 heterocycles. The monoisotopic (exact) mass is 274 g/mol. The van der Waals surface area contributed by atoms with Gasteiger partial charge in [-0.2, -0.15) is 0 Å². The minimum Gasteiger partial charge on any atom is -0.338 e. The summed E-state index contributed by atoms with van der Waals surface area (Å²) in [4.78, 5) is 23.1. The number of nitrogens with zero attached hydrogens (tertiary/aromatic N) is 2. The molecule has 0 saturated heterocycles. The number of benzene rings is 1. The standard InChI is InChI=1S/C11H12ClFN2O3/c1-7(6-12)14(2)11(16)8-3-9(13)5-10(4-8)15(17)18/h3-5,7H,6H2,1-2H3. The van der Waals surface area contributed by atoms with Crippen molar-refractivity contribution in [1.29, 1.82) is 0 Å². The Labute approximate surface area is 108 Å². The Kier molecular flexibility index (Phi) is 4.61. The third kappa shape index (κ3) is 3.16. The van der Waals surface area contributed by atoms with Gasteiger partial charge in [0.1, 0.15) is 5.82 Å². The summed E-state index contributed by atoms with van der Waals surface area (Å²) in [6.45, 7) is 1.72. The number of carbonyl (C=O) groups is 1. The third-order valence-corrected chi connectivity index (χ3v) is 2.99. The van der Waals surface area contributed by atoms with Crippen LogP contribution in [0.4, 0.5) is 10.1 Å². The van der Waals surface area contributed by atoms with Gasteiger partial charge in [-0.05, 0) is 13.0 Å². The van der Waals surface area contributed by atoms with Crippen molar-refractivity contribution in [2.75, 3.05) is 12.9 Å². The van der Waals surface area contributed by atoms with E-state index in [2.05, 4.69) is 0 Å². The molecular formula is C11H12ClFN2O3. The maximum Gasteiger partial charge on any atom is 0.273 e. The van der Waals surface area contributed by atoms with Gasteiger partial charge >= 0.3 is 0 Å². The molecule has 5 nitrogen and oxygen atoms in total. The fourth-order valence-corrected chi connectivity index (χ4v) is 1.52. The summed E-state index contributed by atoms with van der Waals surface area (Å²) < 4.78 is 13.2. The molecule has 1 amide bonds. The average molecular weight is 275 g/mol. The van der Waals surface area contributed by atoms with Crippen molar-refractivity contribution in [3.8, 4) is 0 Å². The van der Waals surface area contributed by atoms with Crippen LogP contribution in [0.3, 0.4) is 0 Å². The van der Waals surface area contributed by atoms with Gasteiger partial charge in [-0.1, -0.05) is 0 Å². The molecule has 0 fully saturated rings. The number of alkyl halides is 1. The lowest BCUT2D eigenvalue weighted by Gasteiger charge is -2.22. The van der Waals surface area contributed by atoms with Gasteiger partial charge in [0.15, 0.2) is 0 Å². The SMILES string of the molecule is CC(CCl)N(C)C(=O)c1cc(F)cc([N+](=O)[O-])c1. The van der Waals surface area contributed by atoms with Crippen LogP contribution >= 0.6 is 11.6 Å². The van der Waals surface area contributed by atoms with Crippen molar-refractivity contribution < 1.29 is 14.1 Å². The first-order valence-electron chi connectivity index (χ1n) is 5.15. The van der Waals surface area contributed by atoms with Gasteiger partial charge in [0, 0.05) is 30.6 Å². The zero-order chi connectivity index (χ0) is 13.9. The third-order valence-electron chi connectivity index (χ3n) is 2.55. The zero-order valence-corrected chi connectivity index (χ0v) is 10.6. The van der Waals surface area contributed by atoms with Crippen LogP contribution in [0.15, 0.2) is 18.2 Å². The van der Waals surface area contributed by atoms with E-state index in [1.54, 1.807) is 6.92 Å². The number of amides is 1. The predicted octanol–water partition coefficient (Wildman–Crippen LogP) is 2.43. The van der Waals surface area contributed by atoms with Gasteiger partial charge in [0.25, 0.3) is 11.6 Å². The molecule has 0 aliphatic rings. The molecule has 98 valence electrons. The molecule has 0 N–H and O–H groups in total. The normalized spacial score (nSPS) is 12.0. The van der Waals surface area contributed by atoms with Crippen LogP contribution in [0.2, 0.25) is 0 Å². The van der Waals surface area contributed by atoms with Gasteiger partial charge in [0.05, 0.1) is 11.0 Å². The molecule has 1 rings (SSSR count). The van der Waals surface area contributed by atoms with E-state index in [4.69, 9.17) is 11.6 Å². The number of non-ortho nitro benzene ring substituents is 1. The van der Waals surface area contributed by atoms with Crippen LogP contribution in [0.5, 0.6) is 0 Å². The van der Waals surface area contributed by atoms with Crippen molar-refractivity contribution in [3.63, 3.8) is 0 Å². The molecule has 0 aliphatic carbocycles. The number of nitro benzene ring substituents is 1. The Morgan fingerprint density at radius 3 is 2.67 bits per heavy atom. The highest BCUT2D eigenvalue weighted by molar-refractivity contribution is 6.18. The van der Waals surface area contributed by atoms with Crippen molar-refractivity contribution in [3.05, 3.63) is 39.7 Å². The minimum atomic E-state index is -0.820. The summed E-state index contributed by atoms with van der Waals surface area (Å²) in [5.41, 5.74) is -0.522. The molecule has 7 heteroatoms. The van der Waals surface area contributed by atoms with Crippen molar-refractivity contribution >= 4 is 23.2 Å². The second kappa shape index (κ2) is 5.77. The second-order valence-corrected chi connectivity index (χ2v) is 4.18. The number of carbonyl (C=O) groups excluding carboxylic acids is 1. The maximum absolute atomic E-state index is 13.2. The molecule has 0 bridgehead atoms. The smallest absolute Gasteiger partial charge is 0.273 e. The van der Waals surface area contributed by atoms with Crippen LogP contribution in [0, 0.1) is 15.9 Å². The molecule has 1 aromatic rings. The van der Waals surface area contributed by atoms with E-state index in [0.717, 1.165) is 18.2 Å². The molecule has 1 unspecified atom stereocenters. The van der Waals surface area contributed by atoms with E-state index >= 15 is 0 Å². The number of rotatable bonds is 4. The van der Waals surface area contributed by atoms with Crippen LogP contribution in [0.25, 0.3) is 0 Å². The van der Waals surface area contributed by atoms with Gasteiger partial charge < -0.3 is 4.90 Å². The van der Waals surface area contributed by atoms with Crippen molar-refractivity contribution in [1.82, 2.24) is 4.90 Å². The predicted molar refractivity (Wildman–Crippen MR) is 65.3 cm³/mol. The number of hydrogen-bond donors (Lipinski definition) is 0. The highest BCUT2D eigenvalue weighted by Gasteiger charge is 2.20. The highest BCUT2D eigenvalue weighted by Crippen LogP contribution is 2.18. The second-order valence-electron chi connectivity index (χ2n) is 3.87. The summed E-state index contributed by atoms with van der Waals surface area (Å²) in [5, 5.41) is 10.6. The first-order valence-corrected chi connectivity index (χ1v) is 5.68. The summed E-state index contributed by atoms with van der Waals surface area (Å²) in [7, 11) is 1.51. The summed E-state index contributed by atoms with van der Waals surface area (Å²) >= 11 is 5.62. The molecular weight excluding hydrogens is 263 g/mol. The summed E-state index contributed by atoms with van der Waals surface area (Å²) in [6, 6.07) is 2.53. The van der Waals surface area contributed by atoms with Crippen LogP contribution in [-0.2, 0) is 0 Å². The molecule has 0 saturated carbocycles. The molecule has 0 spiro atoms. The first-order chi connectivity index (χ1) is 8.36. The quantitative estimate of drug-likeness (QED) is 0.481. The highest BCUT2D eigenvalue weighted by atomic mass is 35.5. The summed E-state index contributed by atoms with van der Waals surface area (Å²) in [6.07, 6.45) is 0. The first kappa shape index (κ1) is 14.4. The number of hydrogen-bond acceptors (Lipinski definition) is 3. The maximum atomic E-state index is 13.2. The van der Waals surface area contributed by atoms with Crippen molar-refractivity contribution in [2.24, 2.45) is 0 Å². The van der Waals surface area contributed by atoms with Gasteiger partial charge in [-0.25, -0.2) is 4.39 Å². The van der Waals surface area contributed by atoms with Crippen LogP contribution < -0.4 is 0 Å². The van der Waals surface area contributed by atoms with E-state index in [-0.39, 0.29) is 17.5 Å². The molecule has 1 atom stereocenters. The fraction of sp³-hybridized carbons (Fsp3) is 0.364. The molecule has 1 aromatic carbocycles. The molecule has 0 aliphatic heterocycles. The Bertz CT molecular complexity index is 481. The zero-order valence-electron chi connectivity index (χ0n) is 9.89. The van der Waals surface area contributed by atoms with Gasteiger partial charge in [-0.3, -0.25) is 14.9 Å². The van der Waals surface area contributed by atoms with E-state index < -0.39 is 22.3 Å². The molecule has 18 heavy (non-hydrogen) atoms. The van der Waals surface area contributed by atoms with E-state index in [9.17, 15) is 19.3 Å². The van der Waals surface area contributed by atoms with E-state index in [1.165, 1.54) is 11.9 Å². The largest absolute Gasteiger partial charge is 0.338 e. The Balaban J connectivity index is 3.09. The number of halogens is 2. The Morgan fingerprint density at radius 2 is 2.17 bits per heavy atom. The summed E-state index contributed by atoms with van der Waals surface area (Å²) in [5.74, 6) is -1.11. The molecule has 0 aromatic heterocycles. The van der Waals surface area contributed by atoms with Crippen LogP contribution in [-0.4, -0.2) is 34.7 Å². The average Bonchev–Trinajstić information content (AvgIpc) is 2.35. The lowest BCUT2D eigenvalue weighted by Crippen LogP contribution is -2.36. The Morgan fingerprint density at radius 1 is 1.56 bits per heavy atom. The lowest BCUT2D eigenvalue weighted by molar-refractivity contribution is -0.385. The number of nitro groups is 1. The topological polar surface area (TPSA) is 63.5 Å². The van der Waals surface area contributed by atoms with Gasteiger partial charge in [-0.15, -0.1) is 11.6 Å². The van der Waals surface area contributed by atoms with Crippen molar-refractivity contribution in [2.45, 2.75) is 13.0 Å². The lowest BCUT2D eigenvalue weighted by atomic mass is 10.1.